The molecular weight excluding hydrogens is 188 g/mol. The Morgan fingerprint density at radius 1 is 1.40 bits per heavy atom. The van der Waals surface area contributed by atoms with Gasteiger partial charge in [-0.25, -0.2) is 0 Å². The minimum absolute atomic E-state index is 0.207. The number of hydrogen-bond donors (Lipinski definition) is 2. The zero-order valence-electron chi connectivity index (χ0n) is 9.12. The molecular formula is C12H18N2O. The fourth-order valence-corrected chi connectivity index (χ4v) is 2.16. The van der Waals surface area contributed by atoms with E-state index < -0.39 is 0 Å². The van der Waals surface area contributed by atoms with E-state index in [0.717, 1.165) is 25.0 Å². The molecule has 0 aliphatic heterocycles. The van der Waals surface area contributed by atoms with Crippen LogP contribution in [0.15, 0.2) is 18.2 Å². The van der Waals surface area contributed by atoms with Crippen molar-refractivity contribution in [3.63, 3.8) is 0 Å². The number of rotatable bonds is 2. The first kappa shape index (κ1) is 10.5. The van der Waals surface area contributed by atoms with Gasteiger partial charge in [0.15, 0.2) is 0 Å². The molecule has 1 aliphatic rings. The van der Waals surface area contributed by atoms with Crippen molar-refractivity contribution in [1.82, 2.24) is 0 Å². The lowest BCUT2D eigenvalue weighted by atomic mass is 9.78. The summed E-state index contributed by atoms with van der Waals surface area (Å²) < 4.78 is 5.20. The van der Waals surface area contributed by atoms with Crippen molar-refractivity contribution in [2.75, 3.05) is 13.7 Å². The third-order valence-corrected chi connectivity index (χ3v) is 3.25. The number of hydrogen-bond acceptors (Lipinski definition) is 3. The molecule has 2 rings (SSSR count). The van der Waals surface area contributed by atoms with E-state index in [9.17, 15) is 0 Å². The molecule has 0 radical (unpaired) electrons. The van der Waals surface area contributed by atoms with Gasteiger partial charge < -0.3 is 16.2 Å². The molecule has 82 valence electrons. The highest BCUT2D eigenvalue weighted by Gasteiger charge is 2.28. The van der Waals surface area contributed by atoms with E-state index in [0.29, 0.717) is 6.54 Å². The second kappa shape index (κ2) is 3.83. The first-order valence-corrected chi connectivity index (χ1v) is 5.32. The van der Waals surface area contributed by atoms with Crippen LogP contribution >= 0.6 is 0 Å². The van der Waals surface area contributed by atoms with E-state index in [4.69, 9.17) is 16.2 Å². The minimum Gasteiger partial charge on any atom is -0.497 e. The van der Waals surface area contributed by atoms with Gasteiger partial charge in [-0.1, -0.05) is 6.07 Å². The number of methoxy groups -OCH3 is 1. The largest absolute Gasteiger partial charge is 0.497 e. The Bertz CT molecular complexity index is 365. The molecule has 15 heavy (non-hydrogen) atoms. The molecule has 0 spiro atoms. The molecule has 4 N–H and O–H groups in total. The molecule has 0 saturated heterocycles. The van der Waals surface area contributed by atoms with E-state index in [1.807, 2.05) is 6.07 Å². The third-order valence-electron chi connectivity index (χ3n) is 3.25. The summed E-state index contributed by atoms with van der Waals surface area (Å²) in [7, 11) is 1.69. The van der Waals surface area contributed by atoms with Crippen molar-refractivity contribution in [3.8, 4) is 5.75 Å². The molecule has 1 unspecified atom stereocenters. The Labute approximate surface area is 90.4 Å². The number of fused-ring (bicyclic) bond motifs is 1. The first-order valence-electron chi connectivity index (χ1n) is 5.32. The van der Waals surface area contributed by atoms with Crippen LogP contribution < -0.4 is 16.2 Å². The van der Waals surface area contributed by atoms with Crippen molar-refractivity contribution in [2.24, 2.45) is 11.5 Å². The maximum atomic E-state index is 6.19. The van der Waals surface area contributed by atoms with E-state index in [-0.39, 0.29) is 5.54 Å². The molecule has 0 saturated carbocycles. The number of aryl methyl sites for hydroxylation is 1. The Morgan fingerprint density at radius 3 is 2.87 bits per heavy atom. The molecule has 3 nitrogen and oxygen atoms in total. The Hall–Kier alpha value is -1.06. The van der Waals surface area contributed by atoms with Gasteiger partial charge in [0.05, 0.1) is 7.11 Å². The van der Waals surface area contributed by atoms with Crippen LogP contribution in [0.5, 0.6) is 5.75 Å². The Kier molecular flexibility index (Phi) is 2.67. The second-order valence-electron chi connectivity index (χ2n) is 4.38. The smallest absolute Gasteiger partial charge is 0.119 e. The van der Waals surface area contributed by atoms with E-state index in [2.05, 4.69) is 12.1 Å². The molecule has 3 heteroatoms. The zero-order valence-corrected chi connectivity index (χ0v) is 9.12. The number of benzene rings is 1. The predicted octanol–water partition coefficient (Wildman–Crippen LogP) is 0.840. The van der Waals surface area contributed by atoms with Gasteiger partial charge in [0, 0.05) is 12.1 Å². The topological polar surface area (TPSA) is 61.3 Å². The standard InChI is InChI=1S/C12H18N2O/c1-15-11-3-2-10-7-12(14,8-13)5-4-9(10)6-11/h2-3,6H,4-5,7-8,13-14H2,1H3. The molecule has 0 fully saturated rings. The van der Waals surface area contributed by atoms with E-state index >= 15 is 0 Å². The van der Waals surface area contributed by atoms with Gasteiger partial charge in [0.25, 0.3) is 0 Å². The highest BCUT2D eigenvalue weighted by molar-refractivity contribution is 5.38. The van der Waals surface area contributed by atoms with Crippen molar-refractivity contribution < 1.29 is 4.74 Å². The first-order chi connectivity index (χ1) is 7.17. The SMILES string of the molecule is COc1ccc2c(c1)CCC(N)(CN)C2. The van der Waals surface area contributed by atoms with Crippen LogP contribution in [0.3, 0.4) is 0 Å². The molecule has 0 heterocycles. The molecule has 1 atom stereocenters. The van der Waals surface area contributed by atoms with Crippen LogP contribution in [0.1, 0.15) is 17.5 Å². The van der Waals surface area contributed by atoms with Crippen LogP contribution in [0.2, 0.25) is 0 Å². The maximum Gasteiger partial charge on any atom is 0.119 e. The summed E-state index contributed by atoms with van der Waals surface area (Å²) in [6.07, 6.45) is 2.84. The van der Waals surface area contributed by atoms with Crippen LogP contribution in [0.4, 0.5) is 0 Å². The second-order valence-corrected chi connectivity index (χ2v) is 4.38. The normalized spacial score (nSPS) is 24.7. The molecule has 0 aromatic heterocycles. The summed E-state index contributed by atoms with van der Waals surface area (Å²) in [5.41, 5.74) is 14.3. The average molecular weight is 206 g/mol. The third kappa shape index (κ3) is 1.98. The van der Waals surface area contributed by atoms with Gasteiger partial charge in [-0.05, 0) is 42.5 Å². The molecule has 1 aromatic rings. The van der Waals surface area contributed by atoms with E-state index in [1.165, 1.54) is 11.1 Å². The van der Waals surface area contributed by atoms with Gasteiger partial charge in [-0.15, -0.1) is 0 Å². The monoisotopic (exact) mass is 206 g/mol. The fraction of sp³-hybridized carbons (Fsp3) is 0.500. The van der Waals surface area contributed by atoms with Crippen molar-refractivity contribution in [1.29, 1.82) is 0 Å². The van der Waals surface area contributed by atoms with Crippen molar-refractivity contribution >= 4 is 0 Å². The van der Waals surface area contributed by atoms with Crippen LogP contribution in [0.25, 0.3) is 0 Å². The lowest BCUT2D eigenvalue weighted by molar-refractivity contribution is 0.378. The summed E-state index contributed by atoms with van der Waals surface area (Å²) >= 11 is 0. The van der Waals surface area contributed by atoms with Gasteiger partial charge in [0.2, 0.25) is 0 Å². The highest BCUT2D eigenvalue weighted by atomic mass is 16.5. The summed E-state index contributed by atoms with van der Waals surface area (Å²) in [6.45, 7) is 0.554. The van der Waals surface area contributed by atoms with Crippen LogP contribution in [-0.4, -0.2) is 19.2 Å². The quantitative estimate of drug-likeness (QED) is 0.753. The number of ether oxygens (including phenoxy) is 1. The zero-order chi connectivity index (χ0) is 10.9. The summed E-state index contributed by atoms with van der Waals surface area (Å²) in [4.78, 5) is 0. The van der Waals surface area contributed by atoms with Crippen LogP contribution in [-0.2, 0) is 12.8 Å². The van der Waals surface area contributed by atoms with Gasteiger partial charge >= 0.3 is 0 Å². The Balaban J connectivity index is 2.28. The van der Waals surface area contributed by atoms with Gasteiger partial charge in [-0.3, -0.25) is 0 Å². The molecule has 1 aromatic carbocycles. The lowest BCUT2D eigenvalue weighted by Crippen LogP contribution is -2.51. The van der Waals surface area contributed by atoms with Crippen molar-refractivity contribution in [3.05, 3.63) is 29.3 Å². The average Bonchev–Trinajstić information content (AvgIpc) is 2.28. The summed E-state index contributed by atoms with van der Waals surface area (Å²) in [5.74, 6) is 0.922. The fourth-order valence-electron chi connectivity index (χ4n) is 2.16. The molecule has 1 aliphatic carbocycles. The summed E-state index contributed by atoms with van der Waals surface area (Å²) in [6, 6.07) is 6.19. The minimum atomic E-state index is -0.207. The molecule has 0 bridgehead atoms. The maximum absolute atomic E-state index is 6.19. The number of nitrogens with two attached hydrogens (primary N) is 2. The van der Waals surface area contributed by atoms with Crippen molar-refractivity contribution in [2.45, 2.75) is 24.8 Å². The molecule has 0 amide bonds. The van der Waals surface area contributed by atoms with E-state index in [1.54, 1.807) is 7.11 Å². The van der Waals surface area contributed by atoms with Gasteiger partial charge in [-0.2, -0.15) is 0 Å². The summed E-state index contributed by atoms with van der Waals surface area (Å²) in [5, 5.41) is 0. The Morgan fingerprint density at radius 2 is 2.20 bits per heavy atom. The predicted molar refractivity (Wildman–Crippen MR) is 61.0 cm³/mol. The highest BCUT2D eigenvalue weighted by Crippen LogP contribution is 2.29. The van der Waals surface area contributed by atoms with Crippen LogP contribution in [0, 0.1) is 0 Å². The lowest BCUT2D eigenvalue weighted by Gasteiger charge is -2.33. The van der Waals surface area contributed by atoms with Gasteiger partial charge in [0.1, 0.15) is 5.75 Å².